The first-order valence-corrected chi connectivity index (χ1v) is 14.2. The molecule has 9 heteroatoms. The molecule has 0 radical (unpaired) electrons. The van der Waals surface area contributed by atoms with Gasteiger partial charge in [-0.25, -0.2) is 8.42 Å². The van der Waals surface area contributed by atoms with Crippen LogP contribution in [0, 0.1) is 0 Å². The predicted molar refractivity (Wildman–Crippen MR) is 150 cm³/mol. The molecule has 8 nitrogen and oxygen atoms in total. The largest absolute Gasteiger partial charge is 0.497 e. The maximum absolute atomic E-state index is 13.7. The highest BCUT2D eigenvalue weighted by Gasteiger charge is 2.30. The van der Waals surface area contributed by atoms with Crippen LogP contribution in [0.1, 0.15) is 37.8 Å². The third kappa shape index (κ3) is 6.22. The van der Waals surface area contributed by atoms with Crippen LogP contribution in [0.4, 0.5) is 11.4 Å². The van der Waals surface area contributed by atoms with E-state index in [2.05, 4.69) is 22.3 Å². The van der Waals surface area contributed by atoms with Crippen molar-refractivity contribution in [1.82, 2.24) is 5.32 Å². The van der Waals surface area contributed by atoms with Crippen molar-refractivity contribution in [2.75, 3.05) is 43.1 Å². The summed E-state index contributed by atoms with van der Waals surface area (Å²) in [5, 5.41) is 2.96. The number of piperidine rings is 1. The van der Waals surface area contributed by atoms with Gasteiger partial charge in [0.2, 0.25) is 5.91 Å². The van der Waals surface area contributed by atoms with Gasteiger partial charge in [0.05, 0.1) is 30.8 Å². The van der Waals surface area contributed by atoms with E-state index in [4.69, 9.17) is 9.47 Å². The van der Waals surface area contributed by atoms with Crippen LogP contribution in [0.5, 0.6) is 11.5 Å². The Kier molecular flexibility index (Phi) is 8.78. The second kappa shape index (κ2) is 12.2. The lowest BCUT2D eigenvalue weighted by Crippen LogP contribution is -2.41. The zero-order valence-electron chi connectivity index (χ0n) is 22.1. The number of sulfonamides is 1. The van der Waals surface area contributed by atoms with Gasteiger partial charge in [-0.15, -0.1) is 0 Å². The van der Waals surface area contributed by atoms with Crippen molar-refractivity contribution in [2.24, 2.45) is 0 Å². The summed E-state index contributed by atoms with van der Waals surface area (Å²) in [6.07, 6.45) is 3.68. The number of benzene rings is 3. The van der Waals surface area contributed by atoms with E-state index in [1.807, 2.05) is 19.1 Å². The molecule has 38 heavy (non-hydrogen) atoms. The van der Waals surface area contributed by atoms with Crippen LogP contribution in [0.3, 0.4) is 0 Å². The molecule has 202 valence electrons. The average molecular weight is 538 g/mol. The molecule has 1 aliphatic rings. The molecule has 1 unspecified atom stereocenters. The number of hydrogen-bond donors (Lipinski definition) is 1. The number of carbonyl (C=O) groups excluding carboxylic acids is 1. The Morgan fingerprint density at radius 2 is 1.58 bits per heavy atom. The van der Waals surface area contributed by atoms with E-state index in [9.17, 15) is 13.2 Å². The molecule has 0 spiro atoms. The van der Waals surface area contributed by atoms with Gasteiger partial charge in [-0.3, -0.25) is 9.10 Å². The van der Waals surface area contributed by atoms with Crippen LogP contribution in [0.25, 0.3) is 0 Å². The van der Waals surface area contributed by atoms with Crippen molar-refractivity contribution in [3.63, 3.8) is 0 Å². The Morgan fingerprint density at radius 1 is 0.921 bits per heavy atom. The Bertz CT molecular complexity index is 1320. The van der Waals surface area contributed by atoms with E-state index in [1.165, 1.54) is 51.3 Å². The zero-order valence-corrected chi connectivity index (χ0v) is 22.9. The first kappa shape index (κ1) is 27.3. The SMILES string of the molecule is COc1ccc(S(=O)(=O)N(CC(=O)NC(C)c2ccc(N3CCCCC3)cc2)c2ccccc2OC)cc1. The second-order valence-electron chi connectivity index (χ2n) is 9.29. The van der Waals surface area contributed by atoms with Gasteiger partial charge in [-0.2, -0.15) is 0 Å². The number of rotatable bonds is 10. The van der Waals surface area contributed by atoms with Crippen LogP contribution in [0.15, 0.2) is 77.7 Å². The lowest BCUT2D eigenvalue weighted by Gasteiger charge is -2.29. The molecule has 1 saturated heterocycles. The van der Waals surface area contributed by atoms with Gasteiger partial charge in [0.25, 0.3) is 10.0 Å². The average Bonchev–Trinajstić information content (AvgIpc) is 2.96. The van der Waals surface area contributed by atoms with Crippen LogP contribution in [-0.4, -0.2) is 48.2 Å². The molecule has 1 heterocycles. The number of anilines is 2. The molecule has 0 aliphatic carbocycles. The molecule has 3 aromatic carbocycles. The van der Waals surface area contributed by atoms with Crippen molar-refractivity contribution >= 4 is 27.3 Å². The first-order chi connectivity index (χ1) is 18.3. The number of carbonyl (C=O) groups is 1. The second-order valence-corrected chi connectivity index (χ2v) is 11.1. The highest BCUT2D eigenvalue weighted by molar-refractivity contribution is 7.92. The smallest absolute Gasteiger partial charge is 0.264 e. The number of amides is 1. The summed E-state index contributed by atoms with van der Waals surface area (Å²) in [5.74, 6) is 0.449. The van der Waals surface area contributed by atoms with Gasteiger partial charge in [0, 0.05) is 18.8 Å². The molecule has 0 saturated carbocycles. The van der Waals surface area contributed by atoms with Crippen molar-refractivity contribution < 1.29 is 22.7 Å². The topological polar surface area (TPSA) is 88.2 Å². The van der Waals surface area contributed by atoms with Crippen LogP contribution >= 0.6 is 0 Å². The molecule has 1 amide bonds. The Balaban J connectivity index is 1.54. The van der Waals surface area contributed by atoms with Crippen molar-refractivity contribution in [3.05, 3.63) is 78.4 Å². The van der Waals surface area contributed by atoms with E-state index in [0.29, 0.717) is 11.5 Å². The quantitative estimate of drug-likeness (QED) is 0.401. The molecule has 0 aromatic heterocycles. The van der Waals surface area contributed by atoms with Crippen LogP contribution in [0.2, 0.25) is 0 Å². The molecule has 1 fully saturated rings. The van der Waals surface area contributed by atoms with E-state index in [-0.39, 0.29) is 16.6 Å². The van der Waals surface area contributed by atoms with Crippen LogP contribution in [-0.2, 0) is 14.8 Å². The summed E-state index contributed by atoms with van der Waals surface area (Å²) in [4.78, 5) is 15.6. The fraction of sp³-hybridized carbons (Fsp3) is 0.345. The minimum Gasteiger partial charge on any atom is -0.497 e. The van der Waals surface area contributed by atoms with E-state index < -0.39 is 22.5 Å². The molecule has 1 atom stereocenters. The van der Waals surface area contributed by atoms with Crippen LogP contribution < -0.4 is 24.0 Å². The highest BCUT2D eigenvalue weighted by Crippen LogP contribution is 2.32. The summed E-state index contributed by atoms with van der Waals surface area (Å²) < 4.78 is 39.1. The number of para-hydroxylation sites is 2. The first-order valence-electron chi connectivity index (χ1n) is 12.8. The molecular weight excluding hydrogens is 502 g/mol. The number of nitrogens with zero attached hydrogens (tertiary/aromatic N) is 2. The maximum Gasteiger partial charge on any atom is 0.264 e. The van der Waals surface area contributed by atoms with Gasteiger partial charge in [0.1, 0.15) is 18.0 Å². The highest BCUT2D eigenvalue weighted by atomic mass is 32.2. The van der Waals surface area contributed by atoms with Gasteiger partial charge < -0.3 is 19.7 Å². The number of hydrogen-bond acceptors (Lipinski definition) is 6. The third-order valence-electron chi connectivity index (χ3n) is 6.78. The predicted octanol–water partition coefficient (Wildman–Crippen LogP) is 4.77. The van der Waals surface area contributed by atoms with Crippen molar-refractivity contribution in [1.29, 1.82) is 0 Å². The molecule has 1 N–H and O–H groups in total. The summed E-state index contributed by atoms with van der Waals surface area (Å²) in [7, 11) is -1.12. The third-order valence-corrected chi connectivity index (χ3v) is 8.55. The van der Waals surface area contributed by atoms with E-state index in [0.717, 1.165) is 23.0 Å². The Labute approximate surface area is 225 Å². The normalized spacial score (nSPS) is 14.4. The van der Waals surface area contributed by atoms with Crippen molar-refractivity contribution in [2.45, 2.75) is 37.1 Å². The number of nitrogens with one attached hydrogen (secondary N) is 1. The molecule has 0 bridgehead atoms. The summed E-state index contributed by atoms with van der Waals surface area (Å²) >= 11 is 0. The van der Waals surface area contributed by atoms with Gasteiger partial charge in [0.15, 0.2) is 0 Å². The van der Waals surface area contributed by atoms with E-state index in [1.54, 1.807) is 36.4 Å². The fourth-order valence-electron chi connectivity index (χ4n) is 4.64. The van der Waals surface area contributed by atoms with Crippen molar-refractivity contribution in [3.8, 4) is 11.5 Å². The van der Waals surface area contributed by atoms with Gasteiger partial charge >= 0.3 is 0 Å². The minimum atomic E-state index is -4.09. The summed E-state index contributed by atoms with van der Waals surface area (Å²) in [6.45, 7) is 3.60. The Morgan fingerprint density at radius 3 is 2.21 bits per heavy atom. The lowest BCUT2D eigenvalue weighted by atomic mass is 10.1. The molecule has 4 rings (SSSR count). The molecular formula is C29H35N3O5S. The number of methoxy groups -OCH3 is 2. The minimum absolute atomic E-state index is 0.0401. The monoisotopic (exact) mass is 537 g/mol. The fourth-order valence-corrected chi connectivity index (χ4v) is 6.07. The van der Waals surface area contributed by atoms with E-state index >= 15 is 0 Å². The summed E-state index contributed by atoms with van der Waals surface area (Å²) in [5.41, 5.74) is 2.40. The number of ether oxygens (including phenoxy) is 2. The zero-order chi connectivity index (χ0) is 27.1. The molecule has 1 aliphatic heterocycles. The summed E-state index contributed by atoms with van der Waals surface area (Å²) in [6, 6.07) is 20.7. The van der Waals surface area contributed by atoms with Gasteiger partial charge in [-0.1, -0.05) is 24.3 Å². The Hall–Kier alpha value is -3.72. The lowest BCUT2D eigenvalue weighted by molar-refractivity contribution is -0.120. The molecule has 3 aromatic rings. The standard InChI is InChI=1S/C29H35N3O5S/c1-22(23-11-13-24(14-12-23)31-19-7-4-8-20-31)30-29(33)21-32(27-9-5-6-10-28(27)37-3)38(34,35)26-17-15-25(36-2)16-18-26/h5-6,9-18,22H,4,7-8,19-21H2,1-3H3,(H,30,33). The van der Waals surface area contributed by atoms with Gasteiger partial charge in [-0.05, 0) is 80.3 Å². The maximum atomic E-state index is 13.7.